The number of rotatable bonds is 6. The zero-order chi connectivity index (χ0) is 20.8. The lowest BCUT2D eigenvalue weighted by Gasteiger charge is -2.36. The third-order valence-electron chi connectivity index (χ3n) is 5.36. The van der Waals surface area contributed by atoms with Crippen molar-refractivity contribution in [1.29, 1.82) is 0 Å². The van der Waals surface area contributed by atoms with Crippen molar-refractivity contribution < 1.29 is 21.6 Å². The highest BCUT2D eigenvalue weighted by Gasteiger charge is 2.36. The number of fused-ring (bicyclic) bond motifs is 1. The zero-order valence-corrected chi connectivity index (χ0v) is 16.6. The molecule has 0 amide bonds. The van der Waals surface area contributed by atoms with Gasteiger partial charge in [0.05, 0.1) is 17.0 Å². The van der Waals surface area contributed by atoms with Crippen LogP contribution in [0.2, 0.25) is 0 Å². The molecule has 3 aromatic rings. The molecule has 0 spiro atoms. The van der Waals surface area contributed by atoms with Crippen molar-refractivity contribution in [3.63, 3.8) is 0 Å². The zero-order valence-electron chi connectivity index (χ0n) is 15.8. The largest absolute Gasteiger partial charge is 0.352 e. The Morgan fingerprint density at radius 2 is 1.76 bits per heavy atom. The first-order valence-electron chi connectivity index (χ1n) is 9.54. The van der Waals surface area contributed by atoms with Gasteiger partial charge in [0.2, 0.25) is 10.0 Å². The van der Waals surface area contributed by atoms with Crippen LogP contribution in [0.4, 0.5) is 13.2 Å². The lowest BCUT2D eigenvalue weighted by molar-refractivity contribution is 0.328. The highest BCUT2D eigenvalue weighted by molar-refractivity contribution is 7.89. The standard InChI is InChI=1S/C21H21F3N2O2S/c1-2-7-29(27,28)26-16-8-13(9-16)19-17-10-15(23)11-18(24)21(17)25-20(19)12-3-5-14(22)6-4-12/h3-6,10-11,13,16,25-26H,2,7-9H2,1H3/t13-,16+. The van der Waals surface area contributed by atoms with Crippen LogP contribution < -0.4 is 4.72 Å². The molecule has 1 aliphatic rings. The van der Waals surface area contributed by atoms with E-state index in [0.29, 0.717) is 35.9 Å². The molecule has 0 saturated heterocycles. The molecule has 1 fully saturated rings. The summed E-state index contributed by atoms with van der Waals surface area (Å²) in [6, 6.07) is 7.68. The van der Waals surface area contributed by atoms with Gasteiger partial charge in [-0.2, -0.15) is 0 Å². The van der Waals surface area contributed by atoms with Crippen LogP contribution in [0.25, 0.3) is 22.2 Å². The van der Waals surface area contributed by atoms with Gasteiger partial charge in [-0.3, -0.25) is 0 Å². The van der Waals surface area contributed by atoms with E-state index in [-0.39, 0.29) is 23.2 Å². The summed E-state index contributed by atoms with van der Waals surface area (Å²) in [7, 11) is -3.33. The normalized spacial score (nSPS) is 19.4. The lowest BCUT2D eigenvalue weighted by atomic mass is 9.74. The van der Waals surface area contributed by atoms with Crippen LogP contribution in [0.5, 0.6) is 0 Å². The number of benzene rings is 2. The van der Waals surface area contributed by atoms with Crippen LogP contribution in [0.3, 0.4) is 0 Å². The SMILES string of the molecule is CCCS(=O)(=O)N[C@H]1C[C@@H](c2c(-c3ccc(F)cc3)[nH]c3c(F)cc(F)cc32)C1. The van der Waals surface area contributed by atoms with E-state index < -0.39 is 27.5 Å². The van der Waals surface area contributed by atoms with Crippen molar-refractivity contribution in [1.82, 2.24) is 9.71 Å². The Morgan fingerprint density at radius 3 is 2.41 bits per heavy atom. The van der Waals surface area contributed by atoms with Gasteiger partial charge in [0.15, 0.2) is 0 Å². The van der Waals surface area contributed by atoms with Gasteiger partial charge in [0.25, 0.3) is 0 Å². The average molecular weight is 422 g/mol. The number of aromatic nitrogens is 1. The monoisotopic (exact) mass is 422 g/mol. The second-order valence-corrected chi connectivity index (χ2v) is 9.41. The van der Waals surface area contributed by atoms with E-state index in [4.69, 9.17) is 0 Å². The number of hydrogen-bond acceptors (Lipinski definition) is 2. The molecule has 0 aliphatic heterocycles. The van der Waals surface area contributed by atoms with Crippen LogP contribution in [-0.2, 0) is 10.0 Å². The molecular formula is C21H21F3N2O2S. The van der Waals surface area contributed by atoms with E-state index in [1.807, 2.05) is 0 Å². The molecule has 0 radical (unpaired) electrons. The number of nitrogens with one attached hydrogen (secondary N) is 2. The Labute approximate surface area is 167 Å². The Hall–Kier alpha value is -2.32. The molecule has 2 N–H and O–H groups in total. The molecule has 154 valence electrons. The van der Waals surface area contributed by atoms with Gasteiger partial charge in [-0.15, -0.1) is 0 Å². The maximum absolute atomic E-state index is 14.4. The molecular weight excluding hydrogens is 401 g/mol. The maximum atomic E-state index is 14.4. The topological polar surface area (TPSA) is 62.0 Å². The summed E-state index contributed by atoms with van der Waals surface area (Å²) in [6.45, 7) is 1.80. The smallest absolute Gasteiger partial charge is 0.211 e. The number of H-pyrrole nitrogens is 1. The van der Waals surface area contributed by atoms with E-state index in [2.05, 4.69) is 9.71 Å². The minimum atomic E-state index is -3.33. The molecule has 4 rings (SSSR count). The first-order valence-corrected chi connectivity index (χ1v) is 11.2. The summed E-state index contributed by atoms with van der Waals surface area (Å²) in [5, 5.41) is 0.432. The third kappa shape index (κ3) is 3.91. The molecule has 8 heteroatoms. The first kappa shape index (κ1) is 20.0. The predicted molar refractivity (Wildman–Crippen MR) is 107 cm³/mol. The fraction of sp³-hybridized carbons (Fsp3) is 0.333. The van der Waals surface area contributed by atoms with Crippen LogP contribution in [0.1, 0.15) is 37.7 Å². The number of hydrogen-bond donors (Lipinski definition) is 2. The second kappa shape index (κ2) is 7.50. The average Bonchev–Trinajstić information content (AvgIpc) is 2.97. The summed E-state index contributed by atoms with van der Waals surface area (Å²) >= 11 is 0. The molecule has 1 saturated carbocycles. The molecule has 0 bridgehead atoms. The predicted octanol–water partition coefficient (Wildman–Crippen LogP) is 4.83. The van der Waals surface area contributed by atoms with Gasteiger partial charge in [0.1, 0.15) is 17.5 Å². The molecule has 0 atom stereocenters. The van der Waals surface area contributed by atoms with Crippen molar-refractivity contribution in [2.75, 3.05) is 5.75 Å². The van der Waals surface area contributed by atoms with Crippen molar-refractivity contribution >= 4 is 20.9 Å². The first-order chi connectivity index (χ1) is 13.8. The minimum absolute atomic E-state index is 0.0680. The second-order valence-electron chi connectivity index (χ2n) is 7.53. The van der Waals surface area contributed by atoms with E-state index >= 15 is 0 Å². The van der Waals surface area contributed by atoms with Gasteiger partial charge in [-0.05, 0) is 66.6 Å². The van der Waals surface area contributed by atoms with Gasteiger partial charge >= 0.3 is 0 Å². The fourth-order valence-electron chi connectivity index (χ4n) is 4.04. The number of halogens is 3. The summed E-state index contributed by atoms with van der Waals surface area (Å²) in [4.78, 5) is 3.03. The summed E-state index contributed by atoms with van der Waals surface area (Å²) in [5.74, 6) is -1.77. The number of aromatic amines is 1. The third-order valence-corrected chi connectivity index (χ3v) is 7.00. The highest BCUT2D eigenvalue weighted by atomic mass is 32.2. The van der Waals surface area contributed by atoms with E-state index in [1.165, 1.54) is 18.2 Å². The van der Waals surface area contributed by atoms with Gasteiger partial charge in [-0.25, -0.2) is 26.3 Å². The van der Waals surface area contributed by atoms with Crippen LogP contribution >= 0.6 is 0 Å². The van der Waals surface area contributed by atoms with Crippen molar-refractivity contribution in [2.24, 2.45) is 0 Å². The summed E-state index contributed by atoms with van der Waals surface area (Å²) in [6.07, 6.45) is 1.59. The Kier molecular flexibility index (Phi) is 5.16. The maximum Gasteiger partial charge on any atom is 0.211 e. The lowest BCUT2D eigenvalue weighted by Crippen LogP contribution is -2.44. The Balaban J connectivity index is 1.71. The summed E-state index contributed by atoms with van der Waals surface area (Å²) in [5.41, 5.74) is 2.18. The molecule has 1 aliphatic carbocycles. The Morgan fingerprint density at radius 1 is 1.07 bits per heavy atom. The number of sulfonamides is 1. The van der Waals surface area contributed by atoms with Crippen molar-refractivity contribution in [3.05, 3.63) is 59.4 Å². The molecule has 1 heterocycles. The minimum Gasteiger partial charge on any atom is -0.352 e. The summed E-state index contributed by atoms with van der Waals surface area (Å²) < 4.78 is 68.3. The quantitative estimate of drug-likeness (QED) is 0.598. The highest BCUT2D eigenvalue weighted by Crippen LogP contribution is 2.45. The van der Waals surface area contributed by atoms with E-state index in [9.17, 15) is 21.6 Å². The van der Waals surface area contributed by atoms with E-state index in [0.717, 1.165) is 11.6 Å². The van der Waals surface area contributed by atoms with Gasteiger partial charge < -0.3 is 4.98 Å². The van der Waals surface area contributed by atoms with Crippen LogP contribution in [0.15, 0.2) is 36.4 Å². The van der Waals surface area contributed by atoms with Crippen molar-refractivity contribution in [3.8, 4) is 11.3 Å². The van der Waals surface area contributed by atoms with Gasteiger partial charge in [-0.1, -0.05) is 6.92 Å². The van der Waals surface area contributed by atoms with Crippen LogP contribution in [-0.4, -0.2) is 25.2 Å². The van der Waals surface area contributed by atoms with Gasteiger partial charge in [0, 0.05) is 17.5 Å². The Bertz CT molecular complexity index is 1150. The molecule has 4 nitrogen and oxygen atoms in total. The fourth-order valence-corrected chi connectivity index (χ4v) is 5.40. The van der Waals surface area contributed by atoms with E-state index in [1.54, 1.807) is 19.1 Å². The molecule has 29 heavy (non-hydrogen) atoms. The molecule has 2 aromatic carbocycles. The molecule has 0 unspecified atom stereocenters. The molecule has 1 aromatic heterocycles. The van der Waals surface area contributed by atoms with Crippen LogP contribution in [0, 0.1) is 17.5 Å². The van der Waals surface area contributed by atoms with Crippen molar-refractivity contribution in [2.45, 2.75) is 38.1 Å².